The van der Waals surface area contributed by atoms with Gasteiger partial charge in [0.05, 0.1) is 24.6 Å². The molecule has 0 aliphatic rings. The SMILES string of the molecule is CCn1cc(Cn2cc(NC(=O)c3ccn(COc4ccc(F)cc4F)n3)cn2)cn1. The zero-order valence-corrected chi connectivity index (χ0v) is 16.6. The van der Waals surface area contributed by atoms with E-state index in [9.17, 15) is 13.6 Å². The van der Waals surface area contributed by atoms with Gasteiger partial charge in [-0.3, -0.25) is 14.2 Å². The summed E-state index contributed by atoms with van der Waals surface area (Å²) in [4.78, 5) is 12.4. The minimum Gasteiger partial charge on any atom is -0.468 e. The molecule has 0 aliphatic heterocycles. The predicted molar refractivity (Wildman–Crippen MR) is 106 cm³/mol. The highest BCUT2D eigenvalue weighted by Crippen LogP contribution is 2.18. The fourth-order valence-electron chi connectivity index (χ4n) is 2.84. The van der Waals surface area contributed by atoms with Gasteiger partial charge in [0, 0.05) is 36.8 Å². The van der Waals surface area contributed by atoms with Crippen molar-refractivity contribution in [2.24, 2.45) is 0 Å². The van der Waals surface area contributed by atoms with E-state index in [-0.39, 0.29) is 18.2 Å². The van der Waals surface area contributed by atoms with E-state index in [0.29, 0.717) is 12.2 Å². The van der Waals surface area contributed by atoms with E-state index in [0.717, 1.165) is 24.2 Å². The highest BCUT2D eigenvalue weighted by atomic mass is 19.1. The molecular weight excluding hydrogens is 408 g/mol. The number of carbonyl (C=O) groups is 1. The van der Waals surface area contributed by atoms with Gasteiger partial charge < -0.3 is 10.1 Å². The van der Waals surface area contributed by atoms with Crippen LogP contribution in [0, 0.1) is 11.6 Å². The van der Waals surface area contributed by atoms with Gasteiger partial charge in [0.15, 0.2) is 24.0 Å². The first kappa shape index (κ1) is 20.3. The first-order valence-electron chi connectivity index (χ1n) is 9.46. The van der Waals surface area contributed by atoms with Crippen molar-refractivity contribution in [3.8, 4) is 5.75 Å². The second kappa shape index (κ2) is 8.78. The monoisotopic (exact) mass is 427 g/mol. The molecule has 1 N–H and O–H groups in total. The molecule has 160 valence electrons. The smallest absolute Gasteiger partial charge is 0.276 e. The lowest BCUT2D eigenvalue weighted by atomic mass is 10.3. The number of amides is 1. The fraction of sp³-hybridized carbons (Fsp3) is 0.200. The van der Waals surface area contributed by atoms with Gasteiger partial charge in [-0.1, -0.05) is 0 Å². The maximum Gasteiger partial charge on any atom is 0.276 e. The van der Waals surface area contributed by atoms with Crippen LogP contribution in [0.2, 0.25) is 0 Å². The lowest BCUT2D eigenvalue weighted by molar-refractivity contribution is 0.102. The van der Waals surface area contributed by atoms with Crippen molar-refractivity contribution in [3.05, 3.63) is 78.1 Å². The summed E-state index contributed by atoms with van der Waals surface area (Å²) in [6, 6.07) is 4.51. The summed E-state index contributed by atoms with van der Waals surface area (Å²) < 4.78 is 36.7. The van der Waals surface area contributed by atoms with Crippen LogP contribution in [-0.2, 0) is 19.8 Å². The van der Waals surface area contributed by atoms with Crippen LogP contribution in [0.1, 0.15) is 23.0 Å². The maximum absolute atomic E-state index is 13.6. The summed E-state index contributed by atoms with van der Waals surface area (Å²) in [5, 5.41) is 15.3. The molecule has 0 saturated carbocycles. The molecule has 0 radical (unpaired) electrons. The molecule has 0 bridgehead atoms. The summed E-state index contributed by atoms with van der Waals surface area (Å²) in [7, 11) is 0. The average Bonchev–Trinajstić information content (AvgIpc) is 3.49. The normalized spacial score (nSPS) is 10.9. The second-order valence-electron chi connectivity index (χ2n) is 6.67. The summed E-state index contributed by atoms with van der Waals surface area (Å²) >= 11 is 0. The number of hydrogen-bond donors (Lipinski definition) is 1. The zero-order valence-electron chi connectivity index (χ0n) is 16.6. The Morgan fingerprint density at radius 3 is 2.71 bits per heavy atom. The Morgan fingerprint density at radius 2 is 1.94 bits per heavy atom. The number of halogens is 2. The molecule has 31 heavy (non-hydrogen) atoms. The number of benzene rings is 1. The summed E-state index contributed by atoms with van der Waals surface area (Å²) in [6.45, 7) is 3.19. The van der Waals surface area contributed by atoms with Crippen molar-refractivity contribution >= 4 is 11.6 Å². The minimum absolute atomic E-state index is 0.111. The molecule has 3 aromatic heterocycles. The van der Waals surface area contributed by atoms with E-state index in [1.54, 1.807) is 23.3 Å². The third-order valence-electron chi connectivity index (χ3n) is 4.37. The van der Waals surface area contributed by atoms with Crippen molar-refractivity contribution in [2.75, 3.05) is 5.32 Å². The van der Waals surface area contributed by atoms with Crippen LogP contribution in [0.4, 0.5) is 14.5 Å². The zero-order chi connectivity index (χ0) is 21.8. The summed E-state index contributed by atoms with van der Waals surface area (Å²) in [6.07, 6.45) is 8.48. The van der Waals surface area contributed by atoms with Crippen LogP contribution in [0.3, 0.4) is 0 Å². The molecular formula is C20H19F2N7O2. The molecule has 0 atom stereocenters. The number of nitrogens with zero attached hydrogens (tertiary/aromatic N) is 6. The van der Waals surface area contributed by atoms with Crippen LogP contribution < -0.4 is 10.1 Å². The molecule has 4 aromatic rings. The van der Waals surface area contributed by atoms with Crippen LogP contribution in [0.5, 0.6) is 5.75 Å². The molecule has 0 fully saturated rings. The van der Waals surface area contributed by atoms with E-state index >= 15 is 0 Å². The fourth-order valence-corrected chi connectivity index (χ4v) is 2.84. The maximum atomic E-state index is 13.6. The van der Waals surface area contributed by atoms with E-state index in [2.05, 4.69) is 20.6 Å². The van der Waals surface area contributed by atoms with Crippen LogP contribution >= 0.6 is 0 Å². The van der Waals surface area contributed by atoms with Crippen molar-refractivity contribution in [1.82, 2.24) is 29.3 Å². The van der Waals surface area contributed by atoms with Gasteiger partial charge in [0.2, 0.25) is 0 Å². The number of ether oxygens (including phenoxy) is 1. The van der Waals surface area contributed by atoms with Gasteiger partial charge in [-0.2, -0.15) is 15.3 Å². The van der Waals surface area contributed by atoms with Gasteiger partial charge in [0.1, 0.15) is 5.82 Å². The molecule has 9 nitrogen and oxygen atoms in total. The van der Waals surface area contributed by atoms with Gasteiger partial charge in [-0.05, 0) is 25.1 Å². The van der Waals surface area contributed by atoms with E-state index in [1.807, 2.05) is 17.8 Å². The number of nitrogens with one attached hydrogen (secondary N) is 1. The Hall–Kier alpha value is -4.02. The third-order valence-corrected chi connectivity index (χ3v) is 4.37. The summed E-state index contributed by atoms with van der Waals surface area (Å²) in [5.41, 5.74) is 1.67. The van der Waals surface area contributed by atoms with Gasteiger partial charge in [-0.25, -0.2) is 13.5 Å². The van der Waals surface area contributed by atoms with Crippen molar-refractivity contribution in [2.45, 2.75) is 26.7 Å². The Balaban J connectivity index is 1.33. The molecule has 4 rings (SSSR count). The van der Waals surface area contributed by atoms with Crippen LogP contribution in [-0.4, -0.2) is 35.2 Å². The Labute approximate surface area is 175 Å². The van der Waals surface area contributed by atoms with Crippen molar-refractivity contribution in [3.63, 3.8) is 0 Å². The van der Waals surface area contributed by atoms with Crippen molar-refractivity contribution < 1.29 is 18.3 Å². The number of anilines is 1. The van der Waals surface area contributed by atoms with Gasteiger partial charge in [0.25, 0.3) is 5.91 Å². The molecule has 1 aromatic carbocycles. The first-order chi connectivity index (χ1) is 15.0. The number of aromatic nitrogens is 6. The molecule has 0 aliphatic carbocycles. The molecule has 3 heterocycles. The number of rotatable bonds is 8. The highest BCUT2D eigenvalue weighted by molar-refractivity contribution is 6.02. The second-order valence-corrected chi connectivity index (χ2v) is 6.67. The Bertz CT molecular complexity index is 1200. The molecule has 0 unspecified atom stereocenters. The number of hydrogen-bond acceptors (Lipinski definition) is 5. The lowest BCUT2D eigenvalue weighted by Gasteiger charge is -2.07. The van der Waals surface area contributed by atoms with Crippen molar-refractivity contribution in [1.29, 1.82) is 0 Å². The molecule has 0 spiro atoms. The molecule has 1 amide bonds. The van der Waals surface area contributed by atoms with Gasteiger partial charge >= 0.3 is 0 Å². The number of carbonyl (C=O) groups excluding carboxylic acids is 1. The van der Waals surface area contributed by atoms with Crippen LogP contribution in [0.25, 0.3) is 0 Å². The van der Waals surface area contributed by atoms with Crippen LogP contribution in [0.15, 0.2) is 55.2 Å². The van der Waals surface area contributed by atoms with E-state index in [4.69, 9.17) is 4.74 Å². The Kier molecular flexibility index (Phi) is 5.74. The standard InChI is InChI=1S/C20H19F2N7O2/c1-2-27-10-14(8-23-27)11-29-12-16(9-24-29)25-20(30)18-5-6-28(26-18)13-31-19-4-3-15(21)7-17(19)22/h3-10,12H,2,11,13H2,1H3,(H,25,30). The predicted octanol–water partition coefficient (Wildman–Crippen LogP) is 2.91. The quantitative estimate of drug-likeness (QED) is 0.467. The topological polar surface area (TPSA) is 91.8 Å². The van der Waals surface area contributed by atoms with Gasteiger partial charge in [-0.15, -0.1) is 0 Å². The Morgan fingerprint density at radius 1 is 1.10 bits per heavy atom. The molecule has 0 saturated heterocycles. The van der Waals surface area contributed by atoms with E-state index in [1.165, 1.54) is 23.0 Å². The van der Waals surface area contributed by atoms with E-state index < -0.39 is 17.5 Å². The summed E-state index contributed by atoms with van der Waals surface area (Å²) in [5.74, 6) is -2.05. The average molecular weight is 427 g/mol. The number of aryl methyl sites for hydroxylation is 1. The largest absolute Gasteiger partial charge is 0.468 e. The lowest BCUT2D eigenvalue weighted by Crippen LogP contribution is -2.14. The minimum atomic E-state index is -0.816. The third kappa shape index (κ3) is 4.94. The molecule has 11 heteroatoms. The highest BCUT2D eigenvalue weighted by Gasteiger charge is 2.12. The first-order valence-corrected chi connectivity index (χ1v) is 9.46.